The number of aromatic amines is 1. The van der Waals surface area contributed by atoms with Crippen molar-refractivity contribution < 1.29 is 0 Å². The molecule has 0 atom stereocenters. The SMILES string of the molecule is Cc1n[nH]c(-c2cc(Br)ccc2N)n1. The fourth-order valence-corrected chi connectivity index (χ4v) is 1.56. The Hall–Kier alpha value is -1.36. The van der Waals surface area contributed by atoms with Crippen LogP contribution in [0.5, 0.6) is 0 Å². The van der Waals surface area contributed by atoms with Crippen LogP contribution in [0, 0.1) is 6.92 Å². The summed E-state index contributed by atoms with van der Waals surface area (Å²) in [6.45, 7) is 1.83. The number of halogens is 1. The highest BCUT2D eigenvalue weighted by atomic mass is 79.9. The second kappa shape index (κ2) is 3.42. The summed E-state index contributed by atoms with van der Waals surface area (Å²) in [5.41, 5.74) is 7.37. The highest BCUT2D eigenvalue weighted by Gasteiger charge is 2.06. The quantitative estimate of drug-likeness (QED) is 0.765. The van der Waals surface area contributed by atoms with Gasteiger partial charge in [-0.1, -0.05) is 15.9 Å². The number of rotatable bonds is 1. The molecule has 0 fully saturated rings. The highest BCUT2D eigenvalue weighted by Crippen LogP contribution is 2.26. The van der Waals surface area contributed by atoms with Crippen LogP contribution in [0.25, 0.3) is 11.4 Å². The molecule has 0 radical (unpaired) electrons. The average Bonchev–Trinajstić information content (AvgIpc) is 2.56. The van der Waals surface area contributed by atoms with Crippen LogP contribution in [0.1, 0.15) is 5.82 Å². The minimum atomic E-state index is 0.685. The third-order valence-corrected chi connectivity index (χ3v) is 2.36. The first-order valence-corrected chi connectivity index (χ1v) is 4.90. The molecular formula is C9H9BrN4. The normalized spacial score (nSPS) is 10.4. The number of hydrogen-bond donors (Lipinski definition) is 2. The second-order valence-corrected chi connectivity index (χ2v) is 3.88. The minimum Gasteiger partial charge on any atom is -0.398 e. The first-order chi connectivity index (χ1) is 6.66. The Labute approximate surface area is 89.7 Å². The maximum absolute atomic E-state index is 5.82. The number of H-pyrrole nitrogens is 1. The van der Waals surface area contributed by atoms with Crippen molar-refractivity contribution in [1.29, 1.82) is 0 Å². The number of benzene rings is 1. The third-order valence-electron chi connectivity index (χ3n) is 1.87. The molecule has 0 saturated heterocycles. The standard InChI is InChI=1S/C9H9BrN4/c1-5-12-9(14-13-5)7-4-6(10)2-3-8(7)11/h2-4H,11H2,1H3,(H,12,13,14). The zero-order valence-electron chi connectivity index (χ0n) is 7.58. The molecule has 4 nitrogen and oxygen atoms in total. The molecule has 0 aliphatic rings. The van der Waals surface area contributed by atoms with Gasteiger partial charge in [-0.3, -0.25) is 5.10 Å². The molecule has 14 heavy (non-hydrogen) atoms. The lowest BCUT2D eigenvalue weighted by Gasteiger charge is -2.01. The van der Waals surface area contributed by atoms with E-state index in [1.165, 1.54) is 0 Å². The summed E-state index contributed by atoms with van der Waals surface area (Å²) in [6, 6.07) is 5.63. The fraction of sp³-hybridized carbons (Fsp3) is 0.111. The van der Waals surface area contributed by atoms with Crippen LogP contribution < -0.4 is 5.73 Å². The first-order valence-electron chi connectivity index (χ1n) is 4.11. The first kappa shape index (κ1) is 9.21. The molecule has 0 bridgehead atoms. The average molecular weight is 253 g/mol. The van der Waals surface area contributed by atoms with Gasteiger partial charge in [0.05, 0.1) is 0 Å². The van der Waals surface area contributed by atoms with Gasteiger partial charge in [0.1, 0.15) is 5.82 Å². The summed E-state index contributed by atoms with van der Waals surface area (Å²) in [5, 5.41) is 6.78. The summed E-state index contributed by atoms with van der Waals surface area (Å²) < 4.78 is 0.968. The molecular weight excluding hydrogens is 244 g/mol. The van der Waals surface area contributed by atoms with Gasteiger partial charge in [-0.25, -0.2) is 4.98 Å². The van der Waals surface area contributed by atoms with Gasteiger partial charge in [-0.2, -0.15) is 5.10 Å². The molecule has 72 valence electrons. The number of nitrogens with zero attached hydrogens (tertiary/aromatic N) is 2. The van der Waals surface area contributed by atoms with Crippen molar-refractivity contribution in [3.63, 3.8) is 0 Å². The number of hydrogen-bond acceptors (Lipinski definition) is 3. The molecule has 0 saturated carbocycles. The van der Waals surface area contributed by atoms with Crippen LogP contribution in [0.3, 0.4) is 0 Å². The monoisotopic (exact) mass is 252 g/mol. The largest absolute Gasteiger partial charge is 0.398 e. The van der Waals surface area contributed by atoms with Crippen molar-refractivity contribution in [1.82, 2.24) is 15.2 Å². The summed E-state index contributed by atoms with van der Waals surface area (Å²) in [6.07, 6.45) is 0. The van der Waals surface area contributed by atoms with Gasteiger partial charge in [0.25, 0.3) is 0 Å². The molecule has 0 aliphatic carbocycles. The molecule has 3 N–H and O–H groups in total. The van der Waals surface area contributed by atoms with E-state index in [1.807, 2.05) is 25.1 Å². The van der Waals surface area contributed by atoms with E-state index in [0.29, 0.717) is 17.3 Å². The number of nitrogens with one attached hydrogen (secondary N) is 1. The van der Waals surface area contributed by atoms with E-state index < -0.39 is 0 Å². The lowest BCUT2D eigenvalue weighted by molar-refractivity contribution is 1.04. The Bertz CT molecular complexity index is 464. The van der Waals surface area contributed by atoms with Gasteiger partial charge in [0.15, 0.2) is 5.82 Å². The molecule has 2 rings (SSSR count). The van der Waals surface area contributed by atoms with E-state index in [9.17, 15) is 0 Å². The molecule has 0 unspecified atom stereocenters. The Balaban J connectivity index is 2.55. The van der Waals surface area contributed by atoms with Crippen LogP contribution in [0.15, 0.2) is 22.7 Å². The third kappa shape index (κ3) is 1.63. The van der Waals surface area contributed by atoms with E-state index in [2.05, 4.69) is 31.1 Å². The number of anilines is 1. The zero-order valence-corrected chi connectivity index (χ0v) is 9.17. The smallest absolute Gasteiger partial charge is 0.157 e. The van der Waals surface area contributed by atoms with Crippen LogP contribution in [0.2, 0.25) is 0 Å². The number of aromatic nitrogens is 3. The van der Waals surface area contributed by atoms with Crippen molar-refractivity contribution >= 4 is 21.6 Å². The van der Waals surface area contributed by atoms with Crippen molar-refractivity contribution in [2.45, 2.75) is 6.92 Å². The van der Waals surface area contributed by atoms with Crippen LogP contribution in [-0.2, 0) is 0 Å². The lowest BCUT2D eigenvalue weighted by Crippen LogP contribution is -1.91. The van der Waals surface area contributed by atoms with E-state index in [1.54, 1.807) is 0 Å². The predicted molar refractivity (Wildman–Crippen MR) is 58.7 cm³/mol. The maximum atomic E-state index is 5.82. The Kier molecular flexibility index (Phi) is 2.25. The van der Waals surface area contributed by atoms with E-state index in [-0.39, 0.29) is 0 Å². The molecule has 2 aromatic rings. The van der Waals surface area contributed by atoms with Gasteiger partial charge in [-0.15, -0.1) is 0 Å². The number of nitrogens with two attached hydrogens (primary N) is 1. The number of aryl methyl sites for hydroxylation is 1. The topological polar surface area (TPSA) is 67.6 Å². The van der Waals surface area contributed by atoms with E-state index in [4.69, 9.17) is 5.73 Å². The fourth-order valence-electron chi connectivity index (χ4n) is 1.20. The lowest BCUT2D eigenvalue weighted by atomic mass is 10.2. The van der Waals surface area contributed by atoms with E-state index in [0.717, 1.165) is 10.0 Å². The molecule has 0 aliphatic heterocycles. The predicted octanol–water partition coefficient (Wildman–Crippen LogP) is 2.12. The van der Waals surface area contributed by atoms with Crippen molar-refractivity contribution in [2.75, 3.05) is 5.73 Å². The van der Waals surface area contributed by atoms with Gasteiger partial charge in [-0.05, 0) is 25.1 Å². The Morgan fingerprint density at radius 3 is 2.86 bits per heavy atom. The maximum Gasteiger partial charge on any atom is 0.157 e. The van der Waals surface area contributed by atoms with E-state index >= 15 is 0 Å². The summed E-state index contributed by atoms with van der Waals surface area (Å²) in [7, 11) is 0. The summed E-state index contributed by atoms with van der Waals surface area (Å²) >= 11 is 3.38. The van der Waals surface area contributed by atoms with Gasteiger partial charge in [0.2, 0.25) is 0 Å². The van der Waals surface area contributed by atoms with Gasteiger partial charge >= 0.3 is 0 Å². The minimum absolute atomic E-state index is 0.685. The van der Waals surface area contributed by atoms with Crippen molar-refractivity contribution in [3.8, 4) is 11.4 Å². The van der Waals surface area contributed by atoms with Crippen molar-refractivity contribution in [3.05, 3.63) is 28.5 Å². The molecule has 5 heteroatoms. The summed E-state index contributed by atoms with van der Waals surface area (Å²) in [4.78, 5) is 4.22. The van der Waals surface area contributed by atoms with Crippen molar-refractivity contribution in [2.24, 2.45) is 0 Å². The van der Waals surface area contributed by atoms with Crippen LogP contribution >= 0.6 is 15.9 Å². The Morgan fingerprint density at radius 1 is 1.43 bits per heavy atom. The second-order valence-electron chi connectivity index (χ2n) is 2.96. The summed E-state index contributed by atoms with van der Waals surface area (Å²) in [5.74, 6) is 1.40. The highest BCUT2D eigenvalue weighted by molar-refractivity contribution is 9.10. The Morgan fingerprint density at radius 2 is 2.21 bits per heavy atom. The van der Waals surface area contributed by atoms with Crippen LogP contribution in [0.4, 0.5) is 5.69 Å². The van der Waals surface area contributed by atoms with Gasteiger partial charge in [0, 0.05) is 15.7 Å². The molecule has 1 aromatic heterocycles. The zero-order chi connectivity index (χ0) is 10.1. The molecule has 0 amide bonds. The van der Waals surface area contributed by atoms with Crippen LogP contribution in [-0.4, -0.2) is 15.2 Å². The van der Waals surface area contributed by atoms with Gasteiger partial charge < -0.3 is 5.73 Å². The molecule has 1 heterocycles. The number of nitrogen functional groups attached to an aromatic ring is 1. The molecule has 0 spiro atoms. The molecule has 1 aromatic carbocycles.